The molecule has 0 radical (unpaired) electrons. The number of halogens is 1. The molecule has 0 spiro atoms. The molecule has 54 valence electrons. The lowest BCUT2D eigenvalue weighted by Gasteiger charge is -1.99. The van der Waals surface area contributed by atoms with Crippen molar-refractivity contribution in [1.82, 2.24) is 0 Å². The lowest BCUT2D eigenvalue weighted by atomic mass is 10.2. The second kappa shape index (κ2) is 3.81. The summed E-state index contributed by atoms with van der Waals surface area (Å²) in [4.78, 5) is 0. The van der Waals surface area contributed by atoms with E-state index in [4.69, 9.17) is 4.74 Å². The van der Waals surface area contributed by atoms with E-state index in [2.05, 4.69) is 28.7 Å². The summed E-state index contributed by atoms with van der Waals surface area (Å²) in [6.45, 7) is 0. The molecule has 0 saturated carbocycles. The Morgan fingerprint density at radius 1 is 1.50 bits per heavy atom. The number of benzene rings is 1. The monoisotopic (exact) mass is 249 g/mol. The molecule has 0 aromatic heterocycles. The van der Waals surface area contributed by atoms with E-state index in [0.29, 0.717) is 0 Å². The third kappa shape index (κ3) is 1.87. The molecule has 1 nitrogen and oxygen atoms in total. The van der Waals surface area contributed by atoms with E-state index in [0.717, 1.165) is 10.2 Å². The van der Waals surface area contributed by atoms with Crippen LogP contribution in [0.1, 0.15) is 5.56 Å². The zero-order valence-corrected chi connectivity index (χ0v) is 7.96. The number of ether oxygens (including phenoxy) is 1. The predicted octanol–water partition coefficient (Wildman–Crippen LogP) is 2.63. The highest BCUT2D eigenvalue weighted by molar-refractivity contribution is 14.1. The summed E-state index contributed by atoms with van der Waals surface area (Å²) >= 11 is 2.33. The topological polar surface area (TPSA) is 9.23 Å². The maximum atomic E-state index is 5.05. The Kier molecular flexibility index (Phi) is 2.99. The fourth-order valence-corrected chi connectivity index (χ4v) is 1.23. The first-order chi connectivity index (χ1) is 4.86. The fourth-order valence-electron chi connectivity index (χ4n) is 0.756. The maximum Gasteiger partial charge on any atom is 0.119 e. The average molecular weight is 249 g/mol. The average Bonchev–Trinajstić information content (AvgIpc) is 2.05. The van der Waals surface area contributed by atoms with Crippen LogP contribution in [0.15, 0.2) is 24.3 Å². The zero-order chi connectivity index (χ0) is 7.40. The molecule has 0 saturated heterocycles. The van der Waals surface area contributed by atoms with Crippen molar-refractivity contribution in [2.24, 2.45) is 0 Å². The van der Waals surface area contributed by atoms with Gasteiger partial charge in [0.1, 0.15) is 5.75 Å². The number of alkyl halides is 1. The molecule has 0 atom stereocenters. The molecule has 10 heavy (non-hydrogen) atoms. The number of methoxy groups -OCH3 is 1. The highest BCUT2D eigenvalue weighted by Gasteiger charge is 1.91. The van der Waals surface area contributed by atoms with Gasteiger partial charge < -0.3 is 4.74 Å². The minimum atomic E-state index is 0.939. The van der Waals surface area contributed by atoms with Crippen molar-refractivity contribution in [2.45, 2.75) is 4.43 Å². The molecule has 0 amide bonds. The molecule has 0 fully saturated rings. The third-order valence-corrected chi connectivity index (χ3v) is 2.17. The molecule has 0 unspecified atom stereocenters. The zero-order valence-electron chi connectivity index (χ0n) is 5.80. The van der Waals surface area contributed by atoms with Gasteiger partial charge in [-0.05, 0) is 17.7 Å². The highest BCUT2D eigenvalue weighted by Crippen LogP contribution is 2.14. The van der Waals surface area contributed by atoms with Crippen molar-refractivity contribution in [3.8, 4) is 5.75 Å². The Hall–Kier alpha value is -0.250. The number of hydrogen-bond acceptors (Lipinski definition) is 1. The van der Waals surface area contributed by atoms with E-state index in [-0.39, 0.29) is 0 Å². The Balaban J connectivity index is 2.87. The van der Waals surface area contributed by atoms with Crippen molar-refractivity contribution >= 4 is 22.6 Å². The first-order valence-electron chi connectivity index (χ1n) is 3.05. The van der Waals surface area contributed by atoms with Gasteiger partial charge in [0.05, 0.1) is 7.11 Å². The van der Waals surface area contributed by atoms with Gasteiger partial charge in [0.2, 0.25) is 0 Å². The summed E-state index contributed by atoms with van der Waals surface area (Å²) in [5, 5.41) is 0. The Morgan fingerprint density at radius 3 is 2.90 bits per heavy atom. The summed E-state index contributed by atoms with van der Waals surface area (Å²) in [6, 6.07) is 8.10. The van der Waals surface area contributed by atoms with Gasteiger partial charge in [-0.25, -0.2) is 0 Å². The van der Waals surface area contributed by atoms with E-state index < -0.39 is 0 Å². The molecule has 1 aromatic carbocycles. The molecular weight excluding hydrogens is 240 g/mol. The molecule has 0 N–H and O–H groups in total. The first kappa shape index (κ1) is 7.85. The van der Waals surface area contributed by atoms with Crippen LogP contribution in [0.4, 0.5) is 0 Å². The summed E-state index contributed by atoms with van der Waals surface area (Å²) in [6.07, 6.45) is 0. The molecule has 1 rings (SSSR count). The molecule has 2 heteroatoms. The quantitative estimate of drug-likeness (QED) is 0.444. The second-order valence-corrected chi connectivity index (χ2v) is 2.75. The minimum absolute atomic E-state index is 0.939. The van der Waals surface area contributed by atoms with Crippen molar-refractivity contribution in [2.75, 3.05) is 7.11 Å². The Labute approximate surface area is 74.5 Å². The number of rotatable bonds is 2. The van der Waals surface area contributed by atoms with Crippen LogP contribution in [0, 0.1) is 0 Å². The largest absolute Gasteiger partial charge is 0.497 e. The van der Waals surface area contributed by atoms with Crippen LogP contribution in [-0.2, 0) is 4.43 Å². The third-order valence-electron chi connectivity index (χ3n) is 1.29. The van der Waals surface area contributed by atoms with E-state index >= 15 is 0 Å². The van der Waals surface area contributed by atoms with Crippen LogP contribution < -0.4 is 4.74 Å². The standard InChI is InChI=1S/C8H9IO/c1-10-8-4-2-3-7(5-8)6-9/h2-5H,6H2,1H3/i1+1. The molecule has 0 bridgehead atoms. The SMILES string of the molecule is [13CH3]Oc1cccc(CI)c1. The molecule has 0 aliphatic rings. The molecular formula is C8H9IO. The van der Waals surface area contributed by atoms with Crippen LogP contribution in [0.2, 0.25) is 0 Å². The van der Waals surface area contributed by atoms with Gasteiger partial charge in [-0.2, -0.15) is 0 Å². The summed E-state index contributed by atoms with van der Waals surface area (Å²) in [5.41, 5.74) is 1.31. The van der Waals surface area contributed by atoms with Crippen LogP contribution in [0.5, 0.6) is 5.75 Å². The van der Waals surface area contributed by atoms with E-state index in [9.17, 15) is 0 Å². The lowest BCUT2D eigenvalue weighted by Crippen LogP contribution is -1.83. The normalized spacial score (nSPS) is 9.40. The van der Waals surface area contributed by atoms with Crippen LogP contribution >= 0.6 is 22.6 Å². The fraction of sp³-hybridized carbons (Fsp3) is 0.250. The molecule has 0 heterocycles. The minimum Gasteiger partial charge on any atom is -0.497 e. The van der Waals surface area contributed by atoms with E-state index in [1.807, 2.05) is 18.2 Å². The second-order valence-electron chi connectivity index (χ2n) is 1.99. The van der Waals surface area contributed by atoms with Gasteiger partial charge in [-0.1, -0.05) is 34.7 Å². The van der Waals surface area contributed by atoms with E-state index in [1.54, 1.807) is 7.11 Å². The lowest BCUT2D eigenvalue weighted by molar-refractivity contribution is 0.414. The van der Waals surface area contributed by atoms with Gasteiger partial charge in [0.25, 0.3) is 0 Å². The van der Waals surface area contributed by atoms with Crippen LogP contribution in [-0.4, -0.2) is 7.11 Å². The van der Waals surface area contributed by atoms with Gasteiger partial charge in [0, 0.05) is 4.43 Å². The van der Waals surface area contributed by atoms with Crippen LogP contribution in [0.3, 0.4) is 0 Å². The first-order valence-corrected chi connectivity index (χ1v) is 4.58. The van der Waals surface area contributed by atoms with Gasteiger partial charge in [-0.15, -0.1) is 0 Å². The van der Waals surface area contributed by atoms with Gasteiger partial charge in [0.15, 0.2) is 0 Å². The van der Waals surface area contributed by atoms with Crippen LogP contribution in [0.25, 0.3) is 0 Å². The highest BCUT2D eigenvalue weighted by atomic mass is 127. The van der Waals surface area contributed by atoms with Crippen molar-refractivity contribution in [3.63, 3.8) is 0 Å². The summed E-state index contributed by atoms with van der Waals surface area (Å²) in [5.74, 6) is 0.939. The summed E-state index contributed by atoms with van der Waals surface area (Å²) in [7, 11) is 1.69. The van der Waals surface area contributed by atoms with Crippen molar-refractivity contribution in [3.05, 3.63) is 29.8 Å². The smallest absolute Gasteiger partial charge is 0.119 e. The molecule has 0 aliphatic heterocycles. The Bertz CT molecular complexity index is 191. The maximum absolute atomic E-state index is 5.05. The number of hydrogen-bond donors (Lipinski definition) is 0. The molecule has 0 aliphatic carbocycles. The van der Waals surface area contributed by atoms with Crippen molar-refractivity contribution < 1.29 is 4.74 Å². The van der Waals surface area contributed by atoms with Crippen molar-refractivity contribution in [1.29, 1.82) is 0 Å². The van der Waals surface area contributed by atoms with Gasteiger partial charge in [-0.3, -0.25) is 0 Å². The van der Waals surface area contributed by atoms with E-state index in [1.165, 1.54) is 5.56 Å². The Morgan fingerprint density at radius 2 is 2.30 bits per heavy atom. The predicted molar refractivity (Wildman–Crippen MR) is 50.7 cm³/mol. The molecule has 1 aromatic rings. The summed E-state index contributed by atoms with van der Waals surface area (Å²) < 4.78 is 6.09. The van der Waals surface area contributed by atoms with Gasteiger partial charge >= 0.3 is 0 Å².